The number of fused-ring (bicyclic) bond motifs is 1. The molecule has 1 aromatic heterocycles. The molecule has 0 radical (unpaired) electrons. The molecule has 3 heteroatoms. The summed E-state index contributed by atoms with van der Waals surface area (Å²) in [6.07, 6.45) is 2.77. The Balaban J connectivity index is 2.44. The standard InChI is InChI=1S/C8H8ClNS/c1-5-2-6-4-10-8(9)3-7(6)11-5/h2,4,8H,3H2,1H3. The zero-order valence-corrected chi connectivity index (χ0v) is 7.75. The average molecular weight is 186 g/mol. The Labute approximate surface area is 74.7 Å². The second kappa shape index (κ2) is 2.61. The predicted molar refractivity (Wildman–Crippen MR) is 50.0 cm³/mol. The quantitative estimate of drug-likeness (QED) is 0.435. The summed E-state index contributed by atoms with van der Waals surface area (Å²) >= 11 is 7.68. The van der Waals surface area contributed by atoms with Crippen molar-refractivity contribution in [3.8, 4) is 0 Å². The number of alkyl halides is 1. The van der Waals surface area contributed by atoms with E-state index in [2.05, 4.69) is 18.0 Å². The van der Waals surface area contributed by atoms with E-state index in [1.807, 2.05) is 17.6 Å². The molecular weight excluding hydrogens is 178 g/mol. The highest BCUT2D eigenvalue weighted by molar-refractivity contribution is 7.12. The van der Waals surface area contributed by atoms with Gasteiger partial charge in [-0.25, -0.2) is 0 Å². The normalized spacial score (nSPS) is 21.8. The highest BCUT2D eigenvalue weighted by Gasteiger charge is 2.14. The molecule has 0 saturated heterocycles. The molecule has 11 heavy (non-hydrogen) atoms. The van der Waals surface area contributed by atoms with E-state index in [1.165, 1.54) is 15.3 Å². The Morgan fingerprint density at radius 3 is 3.36 bits per heavy atom. The fourth-order valence-electron chi connectivity index (χ4n) is 1.22. The Morgan fingerprint density at radius 1 is 1.73 bits per heavy atom. The van der Waals surface area contributed by atoms with Gasteiger partial charge in [0.2, 0.25) is 0 Å². The summed E-state index contributed by atoms with van der Waals surface area (Å²) in [4.78, 5) is 6.84. The molecule has 58 valence electrons. The van der Waals surface area contributed by atoms with Crippen molar-refractivity contribution in [2.75, 3.05) is 0 Å². The third kappa shape index (κ3) is 1.33. The third-order valence-electron chi connectivity index (χ3n) is 1.69. The van der Waals surface area contributed by atoms with Crippen LogP contribution in [0.1, 0.15) is 15.3 Å². The minimum atomic E-state index is -0.0412. The number of nitrogens with zero attached hydrogens (tertiary/aromatic N) is 1. The van der Waals surface area contributed by atoms with E-state index in [1.54, 1.807) is 0 Å². The lowest BCUT2D eigenvalue weighted by molar-refractivity contribution is 0.895. The summed E-state index contributed by atoms with van der Waals surface area (Å²) in [5.74, 6) is 0. The van der Waals surface area contributed by atoms with Crippen LogP contribution >= 0.6 is 22.9 Å². The van der Waals surface area contributed by atoms with Gasteiger partial charge >= 0.3 is 0 Å². The van der Waals surface area contributed by atoms with Gasteiger partial charge in [0, 0.05) is 28.0 Å². The zero-order valence-electron chi connectivity index (χ0n) is 6.17. The maximum atomic E-state index is 5.86. The Morgan fingerprint density at radius 2 is 2.55 bits per heavy atom. The predicted octanol–water partition coefficient (Wildman–Crippen LogP) is 2.60. The monoisotopic (exact) mass is 185 g/mol. The minimum Gasteiger partial charge on any atom is -0.273 e. The zero-order chi connectivity index (χ0) is 7.84. The average Bonchev–Trinajstić information content (AvgIpc) is 2.27. The van der Waals surface area contributed by atoms with Crippen LogP contribution in [0.25, 0.3) is 0 Å². The number of hydrogen-bond acceptors (Lipinski definition) is 2. The van der Waals surface area contributed by atoms with Crippen molar-refractivity contribution in [2.45, 2.75) is 18.8 Å². The molecule has 1 unspecified atom stereocenters. The van der Waals surface area contributed by atoms with Gasteiger partial charge in [-0.3, -0.25) is 4.99 Å². The SMILES string of the molecule is Cc1cc2c(s1)CC(Cl)N=C2. The van der Waals surface area contributed by atoms with Crippen molar-refractivity contribution < 1.29 is 0 Å². The highest BCUT2D eigenvalue weighted by Crippen LogP contribution is 2.26. The van der Waals surface area contributed by atoms with Crippen molar-refractivity contribution in [1.82, 2.24) is 0 Å². The lowest BCUT2D eigenvalue weighted by Crippen LogP contribution is -2.05. The van der Waals surface area contributed by atoms with Gasteiger partial charge in [-0.1, -0.05) is 11.6 Å². The van der Waals surface area contributed by atoms with Gasteiger partial charge in [-0.2, -0.15) is 0 Å². The molecule has 0 aromatic carbocycles. The first-order chi connectivity index (χ1) is 5.25. The van der Waals surface area contributed by atoms with E-state index < -0.39 is 0 Å². The second-order valence-corrected chi connectivity index (χ2v) is 4.50. The first-order valence-electron chi connectivity index (χ1n) is 3.52. The molecule has 0 bridgehead atoms. The Hall–Kier alpha value is -0.340. The van der Waals surface area contributed by atoms with Gasteiger partial charge in [0.05, 0.1) is 0 Å². The fraction of sp³-hybridized carbons (Fsp3) is 0.375. The summed E-state index contributed by atoms with van der Waals surface area (Å²) in [7, 11) is 0. The van der Waals surface area contributed by atoms with E-state index in [4.69, 9.17) is 11.6 Å². The largest absolute Gasteiger partial charge is 0.273 e. The van der Waals surface area contributed by atoms with Crippen LogP contribution in [0.15, 0.2) is 11.1 Å². The molecule has 2 rings (SSSR count). The maximum Gasteiger partial charge on any atom is 0.128 e. The Kier molecular flexibility index (Phi) is 1.74. The first kappa shape index (κ1) is 7.32. The van der Waals surface area contributed by atoms with Gasteiger partial charge in [-0.05, 0) is 13.0 Å². The number of halogens is 1. The molecule has 1 atom stereocenters. The van der Waals surface area contributed by atoms with Crippen molar-refractivity contribution in [1.29, 1.82) is 0 Å². The molecular formula is C8H8ClNS. The molecule has 0 N–H and O–H groups in total. The number of rotatable bonds is 0. The van der Waals surface area contributed by atoms with Crippen LogP contribution in [-0.2, 0) is 6.42 Å². The molecule has 2 heterocycles. The molecule has 1 aliphatic rings. The molecule has 1 nitrogen and oxygen atoms in total. The molecule has 0 spiro atoms. The van der Waals surface area contributed by atoms with E-state index in [0.29, 0.717) is 0 Å². The van der Waals surface area contributed by atoms with Gasteiger partial charge in [-0.15, -0.1) is 11.3 Å². The van der Waals surface area contributed by atoms with Crippen LogP contribution in [0.5, 0.6) is 0 Å². The van der Waals surface area contributed by atoms with Crippen LogP contribution in [0.4, 0.5) is 0 Å². The summed E-state index contributed by atoms with van der Waals surface area (Å²) in [5, 5.41) is 0. The smallest absolute Gasteiger partial charge is 0.128 e. The molecule has 0 aliphatic carbocycles. The van der Waals surface area contributed by atoms with Crippen LogP contribution in [-0.4, -0.2) is 11.7 Å². The summed E-state index contributed by atoms with van der Waals surface area (Å²) in [5.41, 5.74) is 1.21. The lowest BCUT2D eigenvalue weighted by Gasteiger charge is -2.07. The van der Waals surface area contributed by atoms with Gasteiger partial charge < -0.3 is 0 Å². The first-order valence-corrected chi connectivity index (χ1v) is 4.77. The summed E-state index contributed by atoms with van der Waals surface area (Å²) in [6, 6.07) is 2.16. The minimum absolute atomic E-state index is 0.0412. The molecule has 1 aliphatic heterocycles. The maximum absolute atomic E-state index is 5.86. The number of thiophene rings is 1. The van der Waals surface area contributed by atoms with Crippen LogP contribution < -0.4 is 0 Å². The Bertz CT molecular complexity index is 303. The molecule has 0 saturated carbocycles. The van der Waals surface area contributed by atoms with Crippen molar-refractivity contribution in [3.63, 3.8) is 0 Å². The summed E-state index contributed by atoms with van der Waals surface area (Å²) < 4.78 is 0. The van der Waals surface area contributed by atoms with E-state index >= 15 is 0 Å². The van der Waals surface area contributed by atoms with Gasteiger partial charge in [0.15, 0.2) is 0 Å². The van der Waals surface area contributed by atoms with Gasteiger partial charge in [0.1, 0.15) is 5.50 Å². The van der Waals surface area contributed by atoms with E-state index in [9.17, 15) is 0 Å². The number of hydrogen-bond donors (Lipinski definition) is 0. The second-order valence-electron chi connectivity index (χ2n) is 2.65. The number of aliphatic imine (C=N–C) groups is 1. The van der Waals surface area contributed by atoms with Crippen LogP contribution in [0.2, 0.25) is 0 Å². The van der Waals surface area contributed by atoms with Crippen LogP contribution in [0, 0.1) is 6.92 Å². The number of aryl methyl sites for hydroxylation is 1. The topological polar surface area (TPSA) is 12.4 Å². The highest BCUT2D eigenvalue weighted by atomic mass is 35.5. The molecule has 0 fully saturated rings. The van der Waals surface area contributed by atoms with Crippen LogP contribution in [0.3, 0.4) is 0 Å². The fourth-order valence-corrected chi connectivity index (χ4v) is 2.57. The van der Waals surface area contributed by atoms with E-state index in [0.717, 1.165) is 6.42 Å². The lowest BCUT2D eigenvalue weighted by atomic mass is 10.2. The van der Waals surface area contributed by atoms with E-state index in [-0.39, 0.29) is 5.50 Å². The van der Waals surface area contributed by atoms with Gasteiger partial charge in [0.25, 0.3) is 0 Å². The molecule has 1 aromatic rings. The van der Waals surface area contributed by atoms with Crippen molar-refractivity contribution in [3.05, 3.63) is 21.4 Å². The third-order valence-corrected chi connectivity index (χ3v) is 3.05. The van der Waals surface area contributed by atoms with Crippen molar-refractivity contribution >= 4 is 29.2 Å². The van der Waals surface area contributed by atoms with Crippen molar-refractivity contribution in [2.24, 2.45) is 4.99 Å². The summed E-state index contributed by atoms with van der Waals surface area (Å²) in [6.45, 7) is 2.11. The molecule has 0 amide bonds.